The van der Waals surface area contributed by atoms with E-state index in [2.05, 4.69) is 15.5 Å². The molecule has 0 spiro atoms. The van der Waals surface area contributed by atoms with Crippen molar-refractivity contribution in [1.29, 1.82) is 0 Å². The summed E-state index contributed by atoms with van der Waals surface area (Å²) in [5.41, 5.74) is 0.738. The quantitative estimate of drug-likeness (QED) is 0.488. The van der Waals surface area contributed by atoms with Gasteiger partial charge in [0.15, 0.2) is 15.8 Å². The Labute approximate surface area is 184 Å². The number of carbonyl (C=O) groups excluding carboxylic acids is 3. The largest absolute Gasteiger partial charge is 0.454 e. The van der Waals surface area contributed by atoms with E-state index in [-0.39, 0.29) is 42.7 Å². The van der Waals surface area contributed by atoms with E-state index in [0.29, 0.717) is 16.4 Å². The number of aromatic nitrogens is 2. The molecule has 3 heterocycles. The number of amides is 3. The predicted octanol–water partition coefficient (Wildman–Crippen LogP) is 2.52. The lowest BCUT2D eigenvalue weighted by Crippen LogP contribution is -2.37. The highest BCUT2D eigenvalue weighted by atomic mass is 32.2. The molecule has 12 heteroatoms. The van der Waals surface area contributed by atoms with Crippen LogP contribution in [-0.4, -0.2) is 57.8 Å². The molecule has 30 heavy (non-hydrogen) atoms. The third-order valence-electron chi connectivity index (χ3n) is 4.06. The molecule has 0 saturated carbocycles. The van der Waals surface area contributed by atoms with E-state index in [9.17, 15) is 14.4 Å². The number of fused-ring (bicyclic) bond motifs is 1. The van der Waals surface area contributed by atoms with Crippen molar-refractivity contribution in [2.75, 3.05) is 25.6 Å². The van der Waals surface area contributed by atoms with Crippen molar-refractivity contribution in [3.05, 3.63) is 33.7 Å². The molecule has 1 fully saturated rings. The zero-order valence-corrected chi connectivity index (χ0v) is 18.2. The number of rotatable bonds is 7. The first-order chi connectivity index (χ1) is 14.5. The van der Waals surface area contributed by atoms with E-state index in [4.69, 9.17) is 9.47 Å². The topological polar surface area (TPSA) is 111 Å². The summed E-state index contributed by atoms with van der Waals surface area (Å²) in [6.45, 7) is 2.31. The Kier molecular flexibility index (Phi) is 6.25. The molecule has 2 aliphatic rings. The van der Waals surface area contributed by atoms with Crippen molar-refractivity contribution in [3.8, 4) is 11.5 Å². The van der Waals surface area contributed by atoms with Crippen molar-refractivity contribution >= 4 is 58.0 Å². The fraction of sp³-hybridized carbons (Fsp3) is 0.278. The van der Waals surface area contributed by atoms with Gasteiger partial charge in [-0.25, -0.2) is 0 Å². The van der Waals surface area contributed by atoms with E-state index >= 15 is 0 Å². The van der Waals surface area contributed by atoms with Crippen LogP contribution in [0.4, 0.5) is 4.79 Å². The summed E-state index contributed by atoms with van der Waals surface area (Å²) in [6.07, 6.45) is 1.64. The summed E-state index contributed by atoms with van der Waals surface area (Å²) in [5.74, 6) is 0.870. The Hall–Kier alpha value is -2.57. The summed E-state index contributed by atoms with van der Waals surface area (Å²) in [4.78, 5) is 38.2. The Morgan fingerprint density at radius 1 is 1.30 bits per heavy atom. The van der Waals surface area contributed by atoms with Crippen molar-refractivity contribution in [1.82, 2.24) is 20.4 Å². The van der Waals surface area contributed by atoms with E-state index < -0.39 is 0 Å². The number of imide groups is 1. The number of benzene rings is 1. The van der Waals surface area contributed by atoms with Crippen LogP contribution in [0.5, 0.6) is 11.5 Å². The lowest BCUT2D eigenvalue weighted by atomic mass is 10.2. The Balaban J connectivity index is 1.28. The van der Waals surface area contributed by atoms with Crippen LogP contribution in [0.15, 0.2) is 27.4 Å². The number of ether oxygens (including phenoxy) is 2. The van der Waals surface area contributed by atoms with E-state index in [1.165, 1.54) is 23.1 Å². The average Bonchev–Trinajstić information content (AvgIpc) is 3.42. The zero-order chi connectivity index (χ0) is 21.1. The molecular weight excluding hydrogens is 448 g/mol. The second kappa shape index (κ2) is 9.06. The molecule has 0 radical (unpaired) electrons. The molecule has 4 rings (SSSR count). The molecule has 2 aromatic rings. The second-order valence-corrected chi connectivity index (χ2v) is 9.57. The third kappa shape index (κ3) is 4.77. The molecule has 1 saturated heterocycles. The van der Waals surface area contributed by atoms with Crippen LogP contribution in [0.3, 0.4) is 0 Å². The van der Waals surface area contributed by atoms with Gasteiger partial charge in [-0.15, -0.1) is 10.2 Å². The standard InChI is InChI=1S/C18H16N4O5S3/c1-10-20-21-17(29-10)28-8-15(23)19-4-5-22-16(24)14(30-18(22)25)7-11-2-3-12-13(6-11)27-9-26-12/h2-3,6-7H,4-5,8-9H2,1H3,(H,19,23). The van der Waals surface area contributed by atoms with Crippen LogP contribution in [0, 0.1) is 6.92 Å². The molecule has 1 aromatic carbocycles. The maximum Gasteiger partial charge on any atom is 0.293 e. The van der Waals surface area contributed by atoms with Crippen LogP contribution in [0.1, 0.15) is 10.6 Å². The lowest BCUT2D eigenvalue weighted by molar-refractivity contribution is -0.123. The minimum atomic E-state index is -0.379. The summed E-state index contributed by atoms with van der Waals surface area (Å²) in [5, 5.41) is 11.0. The van der Waals surface area contributed by atoms with Crippen molar-refractivity contribution in [3.63, 3.8) is 0 Å². The molecule has 9 nitrogen and oxygen atoms in total. The highest BCUT2D eigenvalue weighted by Crippen LogP contribution is 2.36. The molecule has 0 bridgehead atoms. The van der Waals surface area contributed by atoms with Gasteiger partial charge >= 0.3 is 0 Å². The highest BCUT2D eigenvalue weighted by Gasteiger charge is 2.34. The van der Waals surface area contributed by atoms with Crippen molar-refractivity contribution in [2.24, 2.45) is 0 Å². The van der Waals surface area contributed by atoms with E-state index in [1.54, 1.807) is 24.3 Å². The maximum atomic E-state index is 12.6. The van der Waals surface area contributed by atoms with Gasteiger partial charge in [-0.2, -0.15) is 0 Å². The summed E-state index contributed by atoms with van der Waals surface area (Å²) in [6, 6.07) is 5.31. The summed E-state index contributed by atoms with van der Waals surface area (Å²) >= 11 is 3.59. The molecule has 1 N–H and O–H groups in total. The number of hydrogen-bond acceptors (Lipinski definition) is 10. The number of carbonyl (C=O) groups is 3. The number of nitrogens with zero attached hydrogens (tertiary/aromatic N) is 3. The summed E-state index contributed by atoms with van der Waals surface area (Å²) in [7, 11) is 0. The smallest absolute Gasteiger partial charge is 0.293 e. The molecule has 156 valence electrons. The monoisotopic (exact) mass is 464 g/mol. The van der Waals surface area contributed by atoms with Gasteiger partial charge in [0, 0.05) is 13.1 Å². The fourth-order valence-electron chi connectivity index (χ4n) is 2.67. The van der Waals surface area contributed by atoms with Crippen LogP contribution >= 0.6 is 34.9 Å². The van der Waals surface area contributed by atoms with Crippen molar-refractivity contribution in [2.45, 2.75) is 11.3 Å². The first kappa shape index (κ1) is 20.7. The number of hydrogen-bond donors (Lipinski definition) is 1. The van der Waals surface area contributed by atoms with Gasteiger partial charge in [0.2, 0.25) is 12.7 Å². The summed E-state index contributed by atoms with van der Waals surface area (Å²) < 4.78 is 11.3. The van der Waals surface area contributed by atoms with Crippen LogP contribution in [0.2, 0.25) is 0 Å². The molecule has 3 amide bonds. The minimum Gasteiger partial charge on any atom is -0.454 e. The van der Waals surface area contributed by atoms with Gasteiger partial charge in [0.05, 0.1) is 10.7 Å². The number of thioether (sulfide) groups is 2. The second-order valence-electron chi connectivity index (χ2n) is 6.17. The number of nitrogens with one attached hydrogen (secondary N) is 1. The Morgan fingerprint density at radius 3 is 2.93 bits per heavy atom. The average molecular weight is 465 g/mol. The molecule has 0 unspecified atom stereocenters. The van der Waals surface area contributed by atoms with Gasteiger partial charge in [0.1, 0.15) is 5.01 Å². The van der Waals surface area contributed by atoms with Crippen LogP contribution in [-0.2, 0) is 9.59 Å². The maximum absolute atomic E-state index is 12.6. The van der Waals surface area contributed by atoms with E-state index in [1.807, 2.05) is 6.92 Å². The van der Waals surface area contributed by atoms with Gasteiger partial charge < -0.3 is 14.8 Å². The fourth-order valence-corrected chi connectivity index (χ4v) is 5.18. The first-order valence-electron chi connectivity index (χ1n) is 8.84. The van der Waals surface area contributed by atoms with Gasteiger partial charge in [0.25, 0.3) is 11.1 Å². The highest BCUT2D eigenvalue weighted by molar-refractivity contribution is 8.18. The Morgan fingerprint density at radius 2 is 2.13 bits per heavy atom. The Bertz CT molecular complexity index is 1040. The molecular formula is C18H16N4O5S3. The third-order valence-corrected chi connectivity index (χ3v) is 6.94. The molecule has 0 atom stereocenters. The van der Waals surface area contributed by atoms with Crippen LogP contribution < -0.4 is 14.8 Å². The van der Waals surface area contributed by atoms with Gasteiger partial charge in [-0.1, -0.05) is 29.2 Å². The number of aryl methyl sites for hydroxylation is 1. The van der Waals surface area contributed by atoms with E-state index in [0.717, 1.165) is 31.6 Å². The molecule has 1 aromatic heterocycles. The minimum absolute atomic E-state index is 0.109. The molecule has 0 aliphatic carbocycles. The predicted molar refractivity (Wildman–Crippen MR) is 114 cm³/mol. The normalized spacial score (nSPS) is 16.6. The van der Waals surface area contributed by atoms with Gasteiger partial charge in [-0.05, 0) is 42.5 Å². The van der Waals surface area contributed by atoms with Crippen molar-refractivity contribution < 1.29 is 23.9 Å². The SMILES string of the molecule is Cc1nnc(SCC(=O)NCCN2C(=O)SC(=Cc3ccc4c(c3)OCO4)C2=O)s1. The van der Waals surface area contributed by atoms with Crippen LogP contribution in [0.25, 0.3) is 6.08 Å². The molecule has 2 aliphatic heterocycles. The lowest BCUT2D eigenvalue weighted by Gasteiger charge is -2.12. The zero-order valence-electron chi connectivity index (χ0n) is 15.7. The van der Waals surface area contributed by atoms with Gasteiger partial charge in [-0.3, -0.25) is 19.3 Å². The first-order valence-corrected chi connectivity index (χ1v) is 11.5.